The highest BCUT2D eigenvalue weighted by Crippen LogP contribution is 2.25. The highest BCUT2D eigenvalue weighted by Gasteiger charge is 2.17. The van der Waals surface area contributed by atoms with E-state index in [0.29, 0.717) is 29.1 Å². The molecule has 0 saturated carbocycles. The van der Waals surface area contributed by atoms with Crippen LogP contribution in [0.1, 0.15) is 40.1 Å². The van der Waals surface area contributed by atoms with Crippen molar-refractivity contribution in [3.63, 3.8) is 0 Å². The van der Waals surface area contributed by atoms with Crippen molar-refractivity contribution in [1.29, 1.82) is 0 Å². The fourth-order valence-electron chi connectivity index (χ4n) is 3.11. The number of amides is 2. The molecule has 3 aromatic rings. The number of nitrogens with zero attached hydrogens (tertiary/aromatic N) is 1. The fraction of sp³-hybridized carbons (Fsp3) is 0.200. The van der Waals surface area contributed by atoms with Gasteiger partial charge in [0.2, 0.25) is 0 Å². The largest absolute Gasteiger partial charge is 0.490 e. The molecule has 0 saturated heterocycles. The van der Waals surface area contributed by atoms with Gasteiger partial charge in [-0.25, -0.2) is 0 Å². The summed E-state index contributed by atoms with van der Waals surface area (Å²) >= 11 is 3.40. The van der Waals surface area contributed by atoms with Gasteiger partial charge in [-0.2, -0.15) is 0 Å². The molecule has 2 amide bonds. The second kappa shape index (κ2) is 10.3. The van der Waals surface area contributed by atoms with Gasteiger partial charge >= 0.3 is 0 Å². The Bertz CT molecular complexity index is 1070. The first-order chi connectivity index (χ1) is 14.8. The van der Waals surface area contributed by atoms with Crippen LogP contribution in [0.25, 0.3) is 0 Å². The van der Waals surface area contributed by atoms with Crippen molar-refractivity contribution in [1.82, 2.24) is 4.90 Å². The fourth-order valence-corrected chi connectivity index (χ4v) is 3.48. The van der Waals surface area contributed by atoms with Crippen LogP contribution in [0.2, 0.25) is 0 Å². The van der Waals surface area contributed by atoms with Gasteiger partial charge in [0.1, 0.15) is 5.75 Å². The smallest absolute Gasteiger partial charge is 0.259 e. The lowest BCUT2D eigenvalue weighted by Gasteiger charge is -2.18. The Morgan fingerprint density at radius 3 is 2.45 bits per heavy atom. The average molecular weight is 481 g/mol. The maximum absolute atomic E-state index is 12.9. The molecule has 0 aliphatic heterocycles. The van der Waals surface area contributed by atoms with Gasteiger partial charge in [-0.3, -0.25) is 9.59 Å². The average Bonchev–Trinajstić information content (AvgIpc) is 2.75. The number of anilines is 1. The Morgan fingerprint density at radius 2 is 1.74 bits per heavy atom. The summed E-state index contributed by atoms with van der Waals surface area (Å²) in [5.41, 5.74) is 2.51. The van der Waals surface area contributed by atoms with Crippen LogP contribution in [0.3, 0.4) is 0 Å². The Labute approximate surface area is 191 Å². The third-order valence-electron chi connectivity index (χ3n) is 4.53. The van der Waals surface area contributed by atoms with Crippen molar-refractivity contribution >= 4 is 33.4 Å². The van der Waals surface area contributed by atoms with E-state index in [2.05, 4.69) is 21.2 Å². The number of hydrogen-bond donors (Lipinski definition) is 1. The molecule has 160 valence electrons. The van der Waals surface area contributed by atoms with Crippen LogP contribution in [0, 0.1) is 0 Å². The summed E-state index contributed by atoms with van der Waals surface area (Å²) < 4.78 is 6.54. The van der Waals surface area contributed by atoms with E-state index in [1.807, 2.05) is 50.2 Å². The summed E-state index contributed by atoms with van der Waals surface area (Å²) in [5, 5.41) is 2.87. The van der Waals surface area contributed by atoms with E-state index in [9.17, 15) is 9.59 Å². The first-order valence-electron chi connectivity index (χ1n) is 10.0. The highest BCUT2D eigenvalue weighted by atomic mass is 79.9. The van der Waals surface area contributed by atoms with E-state index in [0.717, 1.165) is 10.0 Å². The minimum Gasteiger partial charge on any atom is -0.490 e. The number of benzene rings is 3. The van der Waals surface area contributed by atoms with E-state index in [1.165, 1.54) is 0 Å². The molecule has 0 heterocycles. The molecule has 5 nitrogen and oxygen atoms in total. The van der Waals surface area contributed by atoms with Gasteiger partial charge in [0.15, 0.2) is 0 Å². The predicted octanol–water partition coefficient (Wildman–Crippen LogP) is 5.76. The van der Waals surface area contributed by atoms with Crippen LogP contribution >= 0.6 is 15.9 Å². The predicted molar refractivity (Wildman–Crippen MR) is 127 cm³/mol. The first-order valence-corrected chi connectivity index (χ1v) is 10.8. The lowest BCUT2D eigenvalue weighted by atomic mass is 10.1. The van der Waals surface area contributed by atoms with Crippen molar-refractivity contribution in [2.24, 2.45) is 0 Å². The Balaban J connectivity index is 1.75. The number of carbonyl (C=O) groups is 2. The molecule has 31 heavy (non-hydrogen) atoms. The molecule has 6 heteroatoms. The van der Waals surface area contributed by atoms with Gasteiger partial charge in [0.25, 0.3) is 11.8 Å². The summed E-state index contributed by atoms with van der Waals surface area (Å²) in [4.78, 5) is 27.4. The van der Waals surface area contributed by atoms with Crippen molar-refractivity contribution in [2.75, 3.05) is 12.4 Å². The number of carbonyl (C=O) groups excluding carboxylic acids is 2. The lowest BCUT2D eigenvalue weighted by molar-refractivity contribution is 0.0784. The molecule has 1 N–H and O–H groups in total. The normalized spacial score (nSPS) is 10.6. The Kier molecular flexibility index (Phi) is 7.47. The first kappa shape index (κ1) is 22.6. The number of nitrogens with one attached hydrogen (secondary N) is 1. The van der Waals surface area contributed by atoms with Crippen molar-refractivity contribution < 1.29 is 14.3 Å². The topological polar surface area (TPSA) is 58.6 Å². The third kappa shape index (κ3) is 6.18. The summed E-state index contributed by atoms with van der Waals surface area (Å²) in [6, 6.07) is 22.0. The molecule has 3 rings (SSSR count). The van der Waals surface area contributed by atoms with E-state index < -0.39 is 0 Å². The number of hydrogen-bond acceptors (Lipinski definition) is 3. The maximum Gasteiger partial charge on any atom is 0.259 e. The van der Waals surface area contributed by atoms with Crippen molar-refractivity contribution in [3.8, 4) is 5.75 Å². The zero-order chi connectivity index (χ0) is 22.4. The van der Waals surface area contributed by atoms with Gasteiger partial charge in [0.05, 0.1) is 11.7 Å². The third-order valence-corrected chi connectivity index (χ3v) is 5.02. The Hall–Kier alpha value is -3.12. The molecule has 0 aliphatic rings. The summed E-state index contributed by atoms with van der Waals surface area (Å²) in [7, 11) is 1.76. The highest BCUT2D eigenvalue weighted by molar-refractivity contribution is 9.10. The quantitative estimate of drug-likeness (QED) is 0.467. The van der Waals surface area contributed by atoms with E-state index in [4.69, 9.17) is 4.74 Å². The second-order valence-corrected chi connectivity index (χ2v) is 8.40. The molecular weight excluding hydrogens is 456 g/mol. The van der Waals surface area contributed by atoms with E-state index in [-0.39, 0.29) is 17.9 Å². The molecule has 0 aromatic heterocycles. The molecule has 0 fully saturated rings. The van der Waals surface area contributed by atoms with E-state index >= 15 is 0 Å². The monoisotopic (exact) mass is 480 g/mol. The molecule has 0 unspecified atom stereocenters. The minimum atomic E-state index is -0.306. The molecule has 0 aliphatic carbocycles. The minimum absolute atomic E-state index is 0.0613. The summed E-state index contributed by atoms with van der Waals surface area (Å²) in [5.74, 6) is 0.0796. The molecular formula is C25H25BrN2O3. The SMILES string of the molecule is CC(C)Oc1ccc(Br)cc1C(=O)Nc1cccc(C(=O)N(C)Cc2ccccc2)c1. The van der Waals surface area contributed by atoms with Gasteiger partial charge < -0.3 is 15.0 Å². The van der Waals surface area contributed by atoms with Crippen LogP contribution in [0.4, 0.5) is 5.69 Å². The van der Waals surface area contributed by atoms with Gasteiger partial charge in [0, 0.05) is 29.3 Å². The molecule has 0 bridgehead atoms. The maximum atomic E-state index is 12.9. The van der Waals surface area contributed by atoms with Crippen LogP contribution in [0.5, 0.6) is 5.75 Å². The Morgan fingerprint density at radius 1 is 1.00 bits per heavy atom. The van der Waals surface area contributed by atoms with Crippen molar-refractivity contribution in [3.05, 3.63) is 94.0 Å². The second-order valence-electron chi connectivity index (χ2n) is 7.49. The number of rotatable bonds is 7. The van der Waals surface area contributed by atoms with Crippen molar-refractivity contribution in [2.45, 2.75) is 26.5 Å². The van der Waals surface area contributed by atoms with Crippen LogP contribution < -0.4 is 10.1 Å². The molecule has 0 spiro atoms. The summed E-state index contributed by atoms with van der Waals surface area (Å²) in [6.07, 6.45) is -0.0613. The van der Waals surface area contributed by atoms with Gasteiger partial charge in [-0.05, 0) is 55.8 Å². The van der Waals surface area contributed by atoms with Crippen LogP contribution in [-0.4, -0.2) is 29.9 Å². The summed E-state index contributed by atoms with van der Waals surface area (Å²) in [6.45, 7) is 4.32. The molecule has 0 atom stereocenters. The molecule has 0 radical (unpaired) electrons. The number of ether oxygens (including phenoxy) is 1. The molecule has 3 aromatic carbocycles. The van der Waals surface area contributed by atoms with Gasteiger partial charge in [-0.15, -0.1) is 0 Å². The zero-order valence-corrected chi connectivity index (χ0v) is 19.3. The van der Waals surface area contributed by atoms with Gasteiger partial charge in [-0.1, -0.05) is 52.3 Å². The zero-order valence-electron chi connectivity index (χ0n) is 17.8. The van der Waals surface area contributed by atoms with E-state index in [1.54, 1.807) is 48.3 Å². The van der Waals surface area contributed by atoms with Crippen LogP contribution in [0.15, 0.2) is 77.3 Å². The lowest BCUT2D eigenvalue weighted by Crippen LogP contribution is -2.26. The number of halogens is 1. The van der Waals surface area contributed by atoms with Crippen LogP contribution in [-0.2, 0) is 6.54 Å². The standard InChI is InChI=1S/C25H25BrN2O3/c1-17(2)31-23-13-12-20(26)15-22(23)24(29)27-21-11-7-10-19(14-21)25(30)28(3)16-18-8-5-4-6-9-18/h4-15,17H,16H2,1-3H3,(H,27,29).